The molecule has 0 radical (unpaired) electrons. The Labute approximate surface area is 140 Å². The molecule has 0 atom stereocenters. The average Bonchev–Trinajstić information content (AvgIpc) is 3.09. The number of benzene rings is 2. The second kappa shape index (κ2) is 7.97. The van der Waals surface area contributed by atoms with E-state index in [1.54, 1.807) is 10.9 Å². The number of ether oxygens (including phenoxy) is 1. The lowest BCUT2D eigenvalue weighted by Crippen LogP contribution is -2.29. The molecule has 5 nitrogen and oxygen atoms in total. The van der Waals surface area contributed by atoms with Crippen LogP contribution in [0.4, 0.5) is 0 Å². The second-order valence-electron chi connectivity index (χ2n) is 5.32. The smallest absolute Gasteiger partial charge is 0.224 e. The molecule has 5 heteroatoms. The zero-order chi connectivity index (χ0) is 16.6. The summed E-state index contributed by atoms with van der Waals surface area (Å²) >= 11 is 0. The van der Waals surface area contributed by atoms with Crippen molar-refractivity contribution in [1.29, 1.82) is 0 Å². The van der Waals surface area contributed by atoms with Crippen LogP contribution >= 0.6 is 0 Å². The summed E-state index contributed by atoms with van der Waals surface area (Å²) in [5.74, 6) is 0.759. The highest BCUT2D eigenvalue weighted by Crippen LogP contribution is 2.08. The number of nitrogens with zero attached hydrogens (tertiary/aromatic N) is 2. The van der Waals surface area contributed by atoms with E-state index < -0.39 is 0 Å². The summed E-state index contributed by atoms with van der Waals surface area (Å²) in [4.78, 5) is 12.0. The number of aromatic nitrogens is 2. The molecular formula is C19H19N3O2. The lowest BCUT2D eigenvalue weighted by Gasteiger charge is -2.07. The van der Waals surface area contributed by atoms with Gasteiger partial charge in [-0.15, -0.1) is 0 Å². The monoisotopic (exact) mass is 321 g/mol. The average molecular weight is 321 g/mol. The number of rotatable bonds is 7. The van der Waals surface area contributed by atoms with E-state index >= 15 is 0 Å². The minimum Gasteiger partial charge on any atom is -0.492 e. The van der Waals surface area contributed by atoms with Gasteiger partial charge in [-0.1, -0.05) is 36.4 Å². The van der Waals surface area contributed by atoms with Crippen molar-refractivity contribution in [1.82, 2.24) is 15.1 Å². The van der Waals surface area contributed by atoms with Gasteiger partial charge in [-0.05, 0) is 29.8 Å². The molecule has 122 valence electrons. The van der Waals surface area contributed by atoms with Crippen molar-refractivity contribution in [2.24, 2.45) is 0 Å². The maximum absolute atomic E-state index is 12.0. The van der Waals surface area contributed by atoms with E-state index in [4.69, 9.17) is 4.74 Å². The van der Waals surface area contributed by atoms with Gasteiger partial charge in [0, 0.05) is 6.20 Å². The van der Waals surface area contributed by atoms with Crippen LogP contribution in [0.15, 0.2) is 73.1 Å². The number of hydrogen-bond donors (Lipinski definition) is 1. The molecule has 1 amide bonds. The minimum absolute atomic E-state index is 0.0423. The zero-order valence-corrected chi connectivity index (χ0v) is 13.3. The fraction of sp³-hybridized carbons (Fsp3) is 0.158. The maximum Gasteiger partial charge on any atom is 0.224 e. The van der Waals surface area contributed by atoms with Gasteiger partial charge >= 0.3 is 0 Å². The Kier molecular flexibility index (Phi) is 5.24. The Morgan fingerprint density at radius 1 is 1.04 bits per heavy atom. The summed E-state index contributed by atoms with van der Waals surface area (Å²) < 4.78 is 7.30. The number of hydrogen-bond acceptors (Lipinski definition) is 3. The molecule has 1 N–H and O–H groups in total. The van der Waals surface area contributed by atoms with E-state index in [2.05, 4.69) is 10.4 Å². The van der Waals surface area contributed by atoms with Gasteiger partial charge in [-0.3, -0.25) is 4.79 Å². The van der Waals surface area contributed by atoms with E-state index in [1.807, 2.05) is 66.9 Å². The largest absolute Gasteiger partial charge is 0.492 e. The molecule has 3 aromatic rings. The first-order valence-electron chi connectivity index (χ1n) is 7.85. The lowest BCUT2D eigenvalue weighted by atomic mass is 10.2. The second-order valence-corrected chi connectivity index (χ2v) is 5.32. The van der Waals surface area contributed by atoms with Crippen LogP contribution < -0.4 is 10.1 Å². The van der Waals surface area contributed by atoms with Gasteiger partial charge in [0.2, 0.25) is 5.91 Å². The quantitative estimate of drug-likeness (QED) is 0.681. The molecule has 0 aliphatic carbocycles. The zero-order valence-electron chi connectivity index (χ0n) is 13.3. The SMILES string of the molecule is O=C(Cc1cnn(-c2ccccc2)c1)NCCOc1ccccc1. The molecule has 0 bridgehead atoms. The van der Waals surface area contributed by atoms with E-state index in [1.165, 1.54) is 0 Å². The van der Waals surface area contributed by atoms with Crippen LogP contribution in [0.25, 0.3) is 5.69 Å². The Morgan fingerprint density at radius 2 is 1.75 bits per heavy atom. The summed E-state index contributed by atoms with van der Waals surface area (Å²) in [7, 11) is 0. The van der Waals surface area contributed by atoms with Gasteiger partial charge in [0.25, 0.3) is 0 Å². The third-order valence-corrected chi connectivity index (χ3v) is 3.46. The van der Waals surface area contributed by atoms with Gasteiger partial charge in [-0.2, -0.15) is 5.10 Å². The molecule has 0 unspecified atom stereocenters. The molecule has 1 aromatic heterocycles. The highest BCUT2D eigenvalue weighted by molar-refractivity contribution is 5.78. The van der Waals surface area contributed by atoms with Crippen molar-refractivity contribution >= 4 is 5.91 Å². The van der Waals surface area contributed by atoms with Gasteiger partial charge in [0.05, 0.1) is 24.8 Å². The van der Waals surface area contributed by atoms with Crippen molar-refractivity contribution < 1.29 is 9.53 Å². The highest BCUT2D eigenvalue weighted by Gasteiger charge is 2.06. The van der Waals surface area contributed by atoms with Crippen molar-refractivity contribution in [3.63, 3.8) is 0 Å². The van der Waals surface area contributed by atoms with Crippen LogP contribution in [0.1, 0.15) is 5.56 Å². The number of carbonyl (C=O) groups excluding carboxylic acids is 1. The number of nitrogens with one attached hydrogen (secondary N) is 1. The van der Waals surface area contributed by atoms with Gasteiger partial charge in [-0.25, -0.2) is 4.68 Å². The van der Waals surface area contributed by atoms with Crippen molar-refractivity contribution in [2.45, 2.75) is 6.42 Å². The lowest BCUT2D eigenvalue weighted by molar-refractivity contribution is -0.120. The minimum atomic E-state index is -0.0423. The van der Waals surface area contributed by atoms with Crippen molar-refractivity contribution in [3.05, 3.63) is 78.6 Å². The molecule has 0 saturated heterocycles. The molecule has 0 aliphatic rings. The molecule has 0 saturated carbocycles. The highest BCUT2D eigenvalue weighted by atomic mass is 16.5. The van der Waals surface area contributed by atoms with Crippen molar-refractivity contribution in [2.75, 3.05) is 13.2 Å². The summed E-state index contributed by atoms with van der Waals surface area (Å²) in [6.45, 7) is 0.916. The molecule has 0 fully saturated rings. The van der Waals surface area contributed by atoms with E-state index in [0.29, 0.717) is 19.6 Å². The van der Waals surface area contributed by atoms with Gasteiger partial charge in [0.1, 0.15) is 12.4 Å². The summed E-state index contributed by atoms with van der Waals surface area (Å²) in [5.41, 5.74) is 1.85. The van der Waals surface area contributed by atoms with Gasteiger partial charge in [0.15, 0.2) is 0 Å². The standard InChI is InChI=1S/C19H19N3O2/c23-19(20-11-12-24-18-9-5-2-6-10-18)13-16-14-21-22(15-16)17-7-3-1-4-8-17/h1-10,14-15H,11-13H2,(H,20,23). The van der Waals surface area contributed by atoms with Crippen LogP contribution in [-0.2, 0) is 11.2 Å². The molecule has 2 aromatic carbocycles. The first-order valence-corrected chi connectivity index (χ1v) is 7.85. The molecule has 24 heavy (non-hydrogen) atoms. The van der Waals surface area contributed by atoms with Crippen LogP contribution in [0, 0.1) is 0 Å². The predicted molar refractivity (Wildman–Crippen MR) is 92.2 cm³/mol. The topological polar surface area (TPSA) is 56.2 Å². The fourth-order valence-electron chi connectivity index (χ4n) is 2.30. The molecule has 0 aliphatic heterocycles. The Balaban J connectivity index is 1.43. The number of para-hydroxylation sites is 2. The predicted octanol–water partition coefficient (Wildman–Crippen LogP) is 2.61. The Morgan fingerprint density at radius 3 is 2.50 bits per heavy atom. The number of amides is 1. The first kappa shape index (κ1) is 15.8. The molecule has 3 rings (SSSR count). The first-order chi connectivity index (χ1) is 11.8. The normalized spacial score (nSPS) is 10.3. The van der Waals surface area contributed by atoms with E-state index in [-0.39, 0.29) is 5.91 Å². The van der Waals surface area contributed by atoms with Crippen LogP contribution in [0.3, 0.4) is 0 Å². The van der Waals surface area contributed by atoms with Gasteiger partial charge < -0.3 is 10.1 Å². The summed E-state index contributed by atoms with van der Waals surface area (Å²) in [5, 5.41) is 7.14. The Hall–Kier alpha value is -3.08. The third-order valence-electron chi connectivity index (χ3n) is 3.46. The van der Waals surface area contributed by atoms with Crippen LogP contribution in [0.5, 0.6) is 5.75 Å². The van der Waals surface area contributed by atoms with E-state index in [9.17, 15) is 4.79 Å². The Bertz CT molecular complexity index is 770. The van der Waals surface area contributed by atoms with Crippen LogP contribution in [0.2, 0.25) is 0 Å². The summed E-state index contributed by atoms with van der Waals surface area (Å²) in [6.07, 6.45) is 3.89. The number of carbonyl (C=O) groups is 1. The molecular weight excluding hydrogens is 302 g/mol. The molecule has 0 spiro atoms. The molecule has 1 heterocycles. The fourth-order valence-corrected chi connectivity index (χ4v) is 2.30. The van der Waals surface area contributed by atoms with Crippen molar-refractivity contribution in [3.8, 4) is 11.4 Å². The summed E-state index contributed by atoms with van der Waals surface area (Å²) in [6, 6.07) is 19.3. The van der Waals surface area contributed by atoms with Crippen LogP contribution in [-0.4, -0.2) is 28.8 Å². The third kappa shape index (κ3) is 4.46. The van der Waals surface area contributed by atoms with E-state index in [0.717, 1.165) is 17.0 Å². The maximum atomic E-state index is 12.0.